The fourth-order valence-corrected chi connectivity index (χ4v) is 1.44. The molecule has 5 nitrogen and oxygen atoms in total. The molecule has 5 heteroatoms. The molecule has 1 aromatic heterocycles. The molecule has 78 valence electrons. The van der Waals surface area contributed by atoms with E-state index in [0.29, 0.717) is 17.1 Å². The molecule has 0 radical (unpaired) electrons. The van der Waals surface area contributed by atoms with E-state index in [-0.39, 0.29) is 11.8 Å². The van der Waals surface area contributed by atoms with Crippen molar-refractivity contribution in [2.45, 2.75) is 0 Å². The fraction of sp³-hybridized carbons (Fsp3) is 0. The second kappa shape index (κ2) is 3.13. The van der Waals surface area contributed by atoms with Crippen LogP contribution in [0.2, 0.25) is 0 Å². The van der Waals surface area contributed by atoms with Crippen molar-refractivity contribution in [3.8, 4) is 17.4 Å². The average molecular weight is 205 g/mol. The number of nitrogens with two attached hydrogens (primary N) is 2. The van der Waals surface area contributed by atoms with Crippen molar-refractivity contribution in [2.24, 2.45) is 0 Å². The Morgan fingerprint density at radius 1 is 0.933 bits per heavy atom. The topological polar surface area (TPSA) is 97.4 Å². The summed E-state index contributed by atoms with van der Waals surface area (Å²) >= 11 is 0. The minimum atomic E-state index is -0.0797. The molecule has 2 rings (SSSR count). The van der Waals surface area contributed by atoms with Crippen molar-refractivity contribution in [3.05, 3.63) is 30.3 Å². The minimum absolute atomic E-state index is 0.0797. The van der Waals surface area contributed by atoms with Gasteiger partial charge < -0.3 is 21.7 Å². The van der Waals surface area contributed by atoms with Gasteiger partial charge in [-0.15, -0.1) is 0 Å². The van der Waals surface area contributed by atoms with Gasteiger partial charge in [0.1, 0.15) is 0 Å². The summed E-state index contributed by atoms with van der Waals surface area (Å²) in [7, 11) is 0. The van der Waals surface area contributed by atoms with Crippen LogP contribution in [0.3, 0.4) is 0 Å². The molecular formula is C10H11N3O2. The number of anilines is 2. The smallest absolute Gasteiger partial charge is 0.198 e. The zero-order chi connectivity index (χ0) is 11.0. The van der Waals surface area contributed by atoms with Gasteiger partial charge in [0.2, 0.25) is 0 Å². The van der Waals surface area contributed by atoms with Crippen LogP contribution in [0.5, 0.6) is 11.8 Å². The van der Waals surface area contributed by atoms with E-state index >= 15 is 0 Å². The highest BCUT2D eigenvalue weighted by atomic mass is 16.3. The zero-order valence-corrected chi connectivity index (χ0v) is 7.88. The largest absolute Gasteiger partial charge is 0.494 e. The predicted octanol–water partition coefficient (Wildman–Crippen LogP) is 1.05. The summed E-state index contributed by atoms with van der Waals surface area (Å²) < 4.78 is 1.23. The maximum absolute atomic E-state index is 9.49. The molecule has 0 fully saturated rings. The van der Waals surface area contributed by atoms with Crippen LogP contribution in [0.15, 0.2) is 30.3 Å². The quantitative estimate of drug-likeness (QED) is 0.523. The number of aromatic hydroxyl groups is 2. The van der Waals surface area contributed by atoms with Gasteiger partial charge in [0.25, 0.3) is 0 Å². The second-order valence-corrected chi connectivity index (χ2v) is 3.20. The number of hydrogen-bond acceptors (Lipinski definition) is 4. The molecule has 0 aliphatic heterocycles. The number of nitrogen functional groups attached to an aromatic ring is 2. The molecule has 0 atom stereocenters. The molecule has 0 saturated carbocycles. The van der Waals surface area contributed by atoms with Gasteiger partial charge in [-0.3, -0.25) is 0 Å². The number of benzene rings is 1. The maximum Gasteiger partial charge on any atom is 0.198 e. The van der Waals surface area contributed by atoms with Gasteiger partial charge >= 0.3 is 0 Å². The summed E-state index contributed by atoms with van der Waals surface area (Å²) in [6.45, 7) is 0. The third kappa shape index (κ3) is 1.43. The first kappa shape index (κ1) is 9.26. The lowest BCUT2D eigenvalue weighted by Crippen LogP contribution is -1.99. The first-order valence-electron chi connectivity index (χ1n) is 4.34. The highest BCUT2D eigenvalue weighted by molar-refractivity contribution is 5.66. The first-order chi connectivity index (χ1) is 7.09. The third-order valence-electron chi connectivity index (χ3n) is 2.13. The Labute approximate surface area is 86.2 Å². The van der Waals surface area contributed by atoms with Crippen LogP contribution in [0.1, 0.15) is 0 Å². The Hall–Kier alpha value is -2.30. The monoisotopic (exact) mass is 205 g/mol. The molecule has 1 heterocycles. The molecule has 0 spiro atoms. The lowest BCUT2D eigenvalue weighted by atomic mass is 10.2. The van der Waals surface area contributed by atoms with Crippen LogP contribution >= 0.6 is 0 Å². The van der Waals surface area contributed by atoms with Crippen molar-refractivity contribution >= 4 is 11.4 Å². The van der Waals surface area contributed by atoms with Gasteiger partial charge in [-0.25, -0.2) is 4.57 Å². The zero-order valence-electron chi connectivity index (χ0n) is 7.88. The summed E-state index contributed by atoms with van der Waals surface area (Å²) in [5, 5.41) is 19.0. The van der Waals surface area contributed by atoms with E-state index in [4.69, 9.17) is 11.5 Å². The van der Waals surface area contributed by atoms with Crippen molar-refractivity contribution < 1.29 is 10.2 Å². The minimum Gasteiger partial charge on any atom is -0.494 e. The standard InChI is InChI=1S/C10H11N3O2/c11-6-1-2-8(7(12)5-6)13-9(14)3-4-10(13)15/h1-5,14-15H,11-12H2. The molecule has 0 bridgehead atoms. The number of nitrogens with zero attached hydrogens (tertiary/aromatic N) is 1. The summed E-state index contributed by atoms with van der Waals surface area (Å²) in [5.74, 6) is -0.159. The van der Waals surface area contributed by atoms with Crippen molar-refractivity contribution in [1.82, 2.24) is 4.57 Å². The van der Waals surface area contributed by atoms with Gasteiger partial charge in [0.15, 0.2) is 11.8 Å². The Morgan fingerprint density at radius 3 is 2.07 bits per heavy atom. The number of hydrogen-bond donors (Lipinski definition) is 4. The SMILES string of the molecule is Nc1ccc(-n2c(O)ccc2O)c(N)c1. The Bertz CT molecular complexity index is 486. The Morgan fingerprint density at radius 2 is 1.53 bits per heavy atom. The fourth-order valence-electron chi connectivity index (χ4n) is 1.44. The van der Waals surface area contributed by atoms with Gasteiger partial charge in [0.05, 0.1) is 11.4 Å². The van der Waals surface area contributed by atoms with E-state index in [9.17, 15) is 10.2 Å². The normalized spacial score (nSPS) is 10.4. The van der Waals surface area contributed by atoms with Crippen LogP contribution < -0.4 is 11.5 Å². The summed E-state index contributed by atoms with van der Waals surface area (Å²) in [5.41, 5.74) is 12.7. The van der Waals surface area contributed by atoms with Gasteiger partial charge in [0, 0.05) is 17.8 Å². The molecule has 0 unspecified atom stereocenters. The van der Waals surface area contributed by atoms with Crippen LogP contribution in [0.4, 0.5) is 11.4 Å². The van der Waals surface area contributed by atoms with Crippen LogP contribution in [0, 0.1) is 0 Å². The summed E-state index contributed by atoms with van der Waals surface area (Å²) in [4.78, 5) is 0. The van der Waals surface area contributed by atoms with E-state index in [1.54, 1.807) is 18.2 Å². The van der Waals surface area contributed by atoms with Crippen LogP contribution in [0.25, 0.3) is 5.69 Å². The van der Waals surface area contributed by atoms with E-state index in [0.717, 1.165) is 0 Å². The van der Waals surface area contributed by atoms with Crippen molar-refractivity contribution in [2.75, 3.05) is 11.5 Å². The van der Waals surface area contributed by atoms with E-state index in [1.807, 2.05) is 0 Å². The van der Waals surface area contributed by atoms with E-state index < -0.39 is 0 Å². The van der Waals surface area contributed by atoms with Gasteiger partial charge in [-0.1, -0.05) is 0 Å². The lowest BCUT2D eigenvalue weighted by molar-refractivity contribution is 0.403. The van der Waals surface area contributed by atoms with Crippen LogP contribution in [-0.4, -0.2) is 14.8 Å². The third-order valence-corrected chi connectivity index (χ3v) is 2.13. The Kier molecular flexibility index (Phi) is 1.93. The number of rotatable bonds is 1. The highest BCUT2D eigenvalue weighted by Crippen LogP contribution is 2.30. The molecule has 0 aliphatic carbocycles. The lowest BCUT2D eigenvalue weighted by Gasteiger charge is -2.10. The highest BCUT2D eigenvalue weighted by Gasteiger charge is 2.10. The van der Waals surface area contributed by atoms with Crippen molar-refractivity contribution in [3.63, 3.8) is 0 Å². The van der Waals surface area contributed by atoms with E-state index in [1.165, 1.54) is 16.7 Å². The predicted molar refractivity (Wildman–Crippen MR) is 57.9 cm³/mol. The maximum atomic E-state index is 9.49. The molecule has 6 N–H and O–H groups in total. The van der Waals surface area contributed by atoms with E-state index in [2.05, 4.69) is 0 Å². The molecule has 15 heavy (non-hydrogen) atoms. The average Bonchev–Trinajstić information content (AvgIpc) is 2.48. The molecule has 0 saturated heterocycles. The first-order valence-corrected chi connectivity index (χ1v) is 4.34. The molecule has 1 aromatic carbocycles. The van der Waals surface area contributed by atoms with Gasteiger partial charge in [-0.2, -0.15) is 0 Å². The molecule has 0 aliphatic rings. The Balaban J connectivity index is 2.64. The second-order valence-electron chi connectivity index (χ2n) is 3.20. The molecular weight excluding hydrogens is 194 g/mol. The van der Waals surface area contributed by atoms with Crippen molar-refractivity contribution in [1.29, 1.82) is 0 Å². The van der Waals surface area contributed by atoms with Gasteiger partial charge in [-0.05, 0) is 18.2 Å². The summed E-state index contributed by atoms with van der Waals surface area (Å²) in [6.07, 6.45) is 0. The molecule has 2 aromatic rings. The number of aromatic nitrogens is 1. The molecule has 0 amide bonds. The summed E-state index contributed by atoms with van der Waals surface area (Å²) in [6, 6.07) is 7.60. The van der Waals surface area contributed by atoms with Crippen LogP contribution in [-0.2, 0) is 0 Å².